The van der Waals surface area contributed by atoms with E-state index in [1.165, 1.54) is 42.5 Å². The molecule has 0 saturated carbocycles. The predicted molar refractivity (Wildman–Crippen MR) is 98.0 cm³/mol. The zero-order valence-electron chi connectivity index (χ0n) is 13.5. The van der Waals surface area contributed by atoms with E-state index in [9.17, 15) is 17.6 Å². The summed E-state index contributed by atoms with van der Waals surface area (Å²) in [5.41, 5.74) is 0.719. The van der Waals surface area contributed by atoms with Gasteiger partial charge in [0.05, 0.1) is 10.5 Å². The van der Waals surface area contributed by atoms with Crippen LogP contribution in [0.3, 0.4) is 0 Å². The maximum atomic E-state index is 13.6. The molecule has 0 saturated heterocycles. The first-order valence-corrected chi connectivity index (χ1v) is 9.18. The Morgan fingerprint density at radius 3 is 2.04 bits per heavy atom. The minimum Gasteiger partial charge on any atom is -0.322 e. The molecule has 132 valence electrons. The number of benzene rings is 3. The number of halogens is 1. The number of sulfonamides is 1. The summed E-state index contributed by atoms with van der Waals surface area (Å²) in [5.74, 6) is -1.24. The second-order valence-corrected chi connectivity index (χ2v) is 7.11. The summed E-state index contributed by atoms with van der Waals surface area (Å²) in [4.78, 5) is 12.1. The summed E-state index contributed by atoms with van der Waals surface area (Å²) in [6, 6.07) is 19.7. The highest BCUT2D eigenvalue weighted by Gasteiger charge is 2.15. The molecule has 0 aromatic heterocycles. The molecular weight excluding hydrogens is 355 g/mol. The number of carbonyl (C=O) groups excluding carboxylic acids is 1. The van der Waals surface area contributed by atoms with E-state index in [1.54, 1.807) is 36.4 Å². The van der Waals surface area contributed by atoms with Gasteiger partial charge in [-0.1, -0.05) is 30.3 Å². The van der Waals surface area contributed by atoms with Gasteiger partial charge in [0, 0.05) is 11.4 Å². The van der Waals surface area contributed by atoms with Crippen LogP contribution in [0.4, 0.5) is 15.8 Å². The average Bonchev–Trinajstić information content (AvgIpc) is 2.63. The lowest BCUT2D eigenvalue weighted by Crippen LogP contribution is -2.15. The molecule has 0 aliphatic rings. The number of nitrogens with one attached hydrogen (secondary N) is 2. The highest BCUT2D eigenvalue weighted by molar-refractivity contribution is 7.92. The molecule has 0 radical (unpaired) electrons. The molecule has 3 rings (SSSR count). The Bertz CT molecular complexity index is 1020. The van der Waals surface area contributed by atoms with Crippen LogP contribution in [0.1, 0.15) is 10.4 Å². The van der Waals surface area contributed by atoms with Crippen molar-refractivity contribution in [2.45, 2.75) is 4.90 Å². The Balaban J connectivity index is 1.74. The molecule has 0 heterocycles. The van der Waals surface area contributed by atoms with Crippen molar-refractivity contribution in [1.82, 2.24) is 0 Å². The maximum absolute atomic E-state index is 13.6. The summed E-state index contributed by atoms with van der Waals surface area (Å²) in [5, 5.41) is 2.53. The van der Waals surface area contributed by atoms with Crippen LogP contribution in [0, 0.1) is 5.82 Å². The van der Waals surface area contributed by atoms with Gasteiger partial charge >= 0.3 is 0 Å². The standard InChI is InChI=1S/C19H15FN2O3S/c20-18-9-5-4-8-17(18)19(23)21-14-10-12-16(13-11-14)26(24,25)22-15-6-2-1-3-7-15/h1-13,22H,(H,21,23). The normalized spacial score (nSPS) is 11.0. The van der Waals surface area contributed by atoms with Crippen molar-refractivity contribution in [3.8, 4) is 0 Å². The van der Waals surface area contributed by atoms with Crippen LogP contribution >= 0.6 is 0 Å². The van der Waals surface area contributed by atoms with Gasteiger partial charge in [0.15, 0.2) is 0 Å². The van der Waals surface area contributed by atoms with Gasteiger partial charge in [0.1, 0.15) is 5.82 Å². The van der Waals surface area contributed by atoms with Gasteiger partial charge in [-0.2, -0.15) is 0 Å². The lowest BCUT2D eigenvalue weighted by molar-refractivity contribution is 0.102. The summed E-state index contributed by atoms with van der Waals surface area (Å²) in [7, 11) is -3.74. The first-order chi connectivity index (χ1) is 12.5. The summed E-state index contributed by atoms with van der Waals surface area (Å²) in [6.45, 7) is 0. The van der Waals surface area contributed by atoms with E-state index in [1.807, 2.05) is 0 Å². The van der Waals surface area contributed by atoms with Gasteiger partial charge in [0.2, 0.25) is 0 Å². The van der Waals surface area contributed by atoms with Crippen molar-refractivity contribution >= 4 is 27.3 Å². The van der Waals surface area contributed by atoms with Crippen LogP contribution in [-0.4, -0.2) is 14.3 Å². The van der Waals surface area contributed by atoms with Gasteiger partial charge in [0.25, 0.3) is 15.9 Å². The van der Waals surface area contributed by atoms with Gasteiger partial charge in [-0.25, -0.2) is 12.8 Å². The molecule has 2 N–H and O–H groups in total. The number of hydrogen-bond donors (Lipinski definition) is 2. The van der Waals surface area contributed by atoms with Crippen molar-refractivity contribution in [3.63, 3.8) is 0 Å². The molecule has 26 heavy (non-hydrogen) atoms. The van der Waals surface area contributed by atoms with Crippen LogP contribution in [0.5, 0.6) is 0 Å². The highest BCUT2D eigenvalue weighted by Crippen LogP contribution is 2.19. The molecule has 7 heteroatoms. The van der Waals surface area contributed by atoms with E-state index >= 15 is 0 Å². The van der Waals surface area contributed by atoms with E-state index in [-0.39, 0.29) is 10.5 Å². The fourth-order valence-corrected chi connectivity index (χ4v) is 3.34. The number of hydrogen-bond acceptors (Lipinski definition) is 3. The van der Waals surface area contributed by atoms with Gasteiger partial charge in [-0.05, 0) is 48.5 Å². The van der Waals surface area contributed by atoms with E-state index < -0.39 is 21.7 Å². The molecule has 3 aromatic carbocycles. The predicted octanol–water partition coefficient (Wildman–Crippen LogP) is 3.88. The Morgan fingerprint density at radius 1 is 0.769 bits per heavy atom. The Morgan fingerprint density at radius 2 is 1.38 bits per heavy atom. The summed E-state index contributed by atoms with van der Waals surface area (Å²) in [6.07, 6.45) is 0. The molecule has 5 nitrogen and oxygen atoms in total. The molecule has 3 aromatic rings. The topological polar surface area (TPSA) is 75.3 Å². The second kappa shape index (κ2) is 7.37. The van der Waals surface area contributed by atoms with Crippen molar-refractivity contribution in [2.75, 3.05) is 10.0 Å². The third-order valence-corrected chi connectivity index (χ3v) is 4.96. The third-order valence-electron chi connectivity index (χ3n) is 3.57. The fourth-order valence-electron chi connectivity index (χ4n) is 2.28. The van der Waals surface area contributed by atoms with Gasteiger partial charge in [-0.15, -0.1) is 0 Å². The number of rotatable bonds is 5. The van der Waals surface area contributed by atoms with Crippen LogP contribution < -0.4 is 10.0 Å². The maximum Gasteiger partial charge on any atom is 0.261 e. The molecule has 1 amide bonds. The van der Waals surface area contributed by atoms with Crippen LogP contribution in [-0.2, 0) is 10.0 Å². The molecular formula is C19H15FN2O3S. The minimum atomic E-state index is -3.74. The van der Waals surface area contributed by atoms with Crippen molar-refractivity contribution in [1.29, 1.82) is 0 Å². The summed E-state index contributed by atoms with van der Waals surface area (Å²) >= 11 is 0. The van der Waals surface area contributed by atoms with Gasteiger partial charge in [-0.3, -0.25) is 9.52 Å². The number of anilines is 2. The van der Waals surface area contributed by atoms with E-state index in [0.717, 1.165) is 0 Å². The third kappa shape index (κ3) is 4.07. The highest BCUT2D eigenvalue weighted by atomic mass is 32.2. The molecule has 0 aliphatic heterocycles. The SMILES string of the molecule is O=C(Nc1ccc(S(=O)(=O)Nc2ccccc2)cc1)c1ccccc1F. The zero-order valence-corrected chi connectivity index (χ0v) is 14.3. The number of carbonyl (C=O) groups is 1. The largest absolute Gasteiger partial charge is 0.322 e. The number of para-hydroxylation sites is 1. The average molecular weight is 370 g/mol. The van der Waals surface area contributed by atoms with E-state index in [4.69, 9.17) is 0 Å². The van der Waals surface area contributed by atoms with Gasteiger partial charge < -0.3 is 5.32 Å². The first kappa shape index (κ1) is 17.6. The van der Waals surface area contributed by atoms with E-state index in [2.05, 4.69) is 10.0 Å². The Labute approximate surface area is 150 Å². The van der Waals surface area contributed by atoms with E-state index in [0.29, 0.717) is 11.4 Å². The van der Waals surface area contributed by atoms with Crippen LogP contribution in [0.15, 0.2) is 83.8 Å². The lowest BCUT2D eigenvalue weighted by atomic mass is 10.2. The summed E-state index contributed by atoms with van der Waals surface area (Å²) < 4.78 is 40.8. The van der Waals surface area contributed by atoms with Crippen LogP contribution in [0.2, 0.25) is 0 Å². The second-order valence-electron chi connectivity index (χ2n) is 5.43. The number of amides is 1. The molecule has 0 spiro atoms. The van der Waals surface area contributed by atoms with Crippen molar-refractivity contribution in [2.24, 2.45) is 0 Å². The lowest BCUT2D eigenvalue weighted by Gasteiger charge is -2.09. The quantitative estimate of drug-likeness (QED) is 0.716. The van der Waals surface area contributed by atoms with Crippen molar-refractivity contribution in [3.05, 3.63) is 90.2 Å². The van der Waals surface area contributed by atoms with Crippen molar-refractivity contribution < 1.29 is 17.6 Å². The smallest absolute Gasteiger partial charge is 0.261 e. The monoisotopic (exact) mass is 370 g/mol. The Kier molecular flexibility index (Phi) is 4.99. The minimum absolute atomic E-state index is 0.0465. The molecule has 0 fully saturated rings. The molecule has 0 bridgehead atoms. The van der Waals surface area contributed by atoms with Crippen LogP contribution in [0.25, 0.3) is 0 Å². The molecule has 0 unspecified atom stereocenters. The first-order valence-electron chi connectivity index (χ1n) is 7.69. The fraction of sp³-hybridized carbons (Fsp3) is 0. The Hall–Kier alpha value is -3.19. The zero-order chi connectivity index (χ0) is 18.6. The molecule has 0 aliphatic carbocycles. The molecule has 0 atom stereocenters.